The number of carbonyl (C=O) groups excluding carboxylic acids is 2. The van der Waals surface area contributed by atoms with E-state index < -0.39 is 33.7 Å². The van der Waals surface area contributed by atoms with Crippen LogP contribution in [0.1, 0.15) is 162 Å². The summed E-state index contributed by atoms with van der Waals surface area (Å²) in [6.07, 6.45) is 27.3. The van der Waals surface area contributed by atoms with Gasteiger partial charge in [0.25, 0.3) is 0 Å². The molecule has 0 heterocycles. The van der Waals surface area contributed by atoms with Crippen molar-refractivity contribution in [2.45, 2.75) is 179 Å². The molecule has 2 N–H and O–H groups in total. The maximum absolute atomic E-state index is 10.0. The van der Waals surface area contributed by atoms with Gasteiger partial charge in [0, 0.05) is 12.4 Å². The zero-order valence-electron chi connectivity index (χ0n) is 33.6. The van der Waals surface area contributed by atoms with Crippen LogP contribution in [-0.2, 0) is 33.9 Å². The molecule has 0 aliphatic rings. The van der Waals surface area contributed by atoms with Crippen LogP contribution in [0.25, 0.3) is 0 Å². The Bertz CT molecular complexity index is 820. The van der Waals surface area contributed by atoms with Gasteiger partial charge in [0.15, 0.2) is 0 Å². The van der Waals surface area contributed by atoms with E-state index in [1.165, 1.54) is 116 Å². The summed E-state index contributed by atoms with van der Waals surface area (Å²) < 4.78 is 47.9. The van der Waals surface area contributed by atoms with E-state index in [-0.39, 0.29) is 114 Å². The Morgan fingerprint density at radius 3 is 1.12 bits per heavy atom. The predicted molar refractivity (Wildman–Crippen MR) is 186 cm³/mol. The largest absolute Gasteiger partial charge is 1.00 e. The fourth-order valence-corrected chi connectivity index (χ4v) is 5.96. The van der Waals surface area contributed by atoms with Gasteiger partial charge in [-0.15, -0.1) is 0 Å². The van der Waals surface area contributed by atoms with Gasteiger partial charge < -0.3 is 48.8 Å². The molecule has 0 saturated heterocycles. The number of aliphatic hydroxyl groups is 2. The van der Waals surface area contributed by atoms with Gasteiger partial charge in [-0.2, -0.15) is 0 Å². The zero-order valence-corrected chi connectivity index (χ0v) is 40.4. The van der Waals surface area contributed by atoms with Crippen molar-refractivity contribution in [1.29, 1.82) is 0 Å². The summed E-state index contributed by atoms with van der Waals surface area (Å²) in [6, 6.07) is 0. The smallest absolute Gasteiger partial charge is 0.747 e. The van der Waals surface area contributed by atoms with E-state index in [2.05, 4.69) is 13.8 Å². The fraction of sp³-hybridized carbons (Fsp3) is 0.944. The summed E-state index contributed by atoms with van der Waals surface area (Å²) in [5.74, 6) is -4.18. The summed E-state index contributed by atoms with van der Waals surface area (Å²) >= 11 is 0. The molecule has 294 valence electrons. The average Bonchev–Trinajstić information content (AvgIpc) is 3.04. The van der Waals surface area contributed by atoms with E-state index in [9.17, 15) is 32.8 Å². The van der Waals surface area contributed by atoms with Gasteiger partial charge in [-0.3, -0.25) is 0 Å². The molecule has 0 aliphatic heterocycles. The Labute approximate surface area is 382 Å². The average molecular weight is 795 g/mol. The van der Waals surface area contributed by atoms with Gasteiger partial charge in [0.2, 0.25) is 0 Å². The van der Waals surface area contributed by atoms with E-state index in [0.717, 1.165) is 25.7 Å². The van der Waals surface area contributed by atoms with Crippen LogP contribution >= 0.6 is 0 Å². The van der Waals surface area contributed by atoms with E-state index in [1.807, 2.05) is 0 Å². The number of carboxylic acids is 2. The van der Waals surface area contributed by atoms with Gasteiger partial charge in [0.1, 0.15) is 10.1 Å². The minimum Gasteiger partial charge on any atom is -0.747 e. The number of ether oxygens (including phenoxy) is 3. The quantitative estimate of drug-likeness (QED) is 0.0349. The van der Waals surface area contributed by atoms with Crippen LogP contribution in [0.15, 0.2) is 0 Å². The third-order valence-electron chi connectivity index (χ3n) is 8.19. The Kier molecular flexibility index (Phi) is 56.8. The number of rotatable bonds is 36. The first-order valence-electron chi connectivity index (χ1n) is 18.9. The van der Waals surface area contributed by atoms with E-state index in [1.54, 1.807) is 0 Å². The standard InChI is InChI=1S/C32H66O5.C4H6O7S.3Na/c1-3-5-7-9-11-13-15-17-19-21-23-31(29-35-27-25-33)37-32(30-36-28-26-34)24-22-20-18-16-14-12-10-8-6-4-2;5-3(6)1-2(4(7)8)12(9,10)11;;;/h31-34H,3-30H2,1-2H3;2H,1H2,(H,5,6)(H,7,8)(H,9,10,11);;;/q;;3*+1/p-3. The van der Waals surface area contributed by atoms with Gasteiger partial charge in [0.05, 0.1) is 63.1 Å². The molecular formula is C36H69Na3O12S. The molecule has 0 radical (unpaired) electrons. The number of carboxylic acid groups (broad SMARTS) is 2. The van der Waals surface area contributed by atoms with E-state index >= 15 is 0 Å². The molecule has 0 aromatic heterocycles. The molecule has 0 aromatic rings. The minimum absolute atomic E-state index is 0. The maximum atomic E-state index is 10.0. The normalized spacial score (nSPS) is 12.6. The van der Waals surface area contributed by atoms with Crippen molar-refractivity contribution in [2.75, 3.05) is 39.6 Å². The number of unbranched alkanes of at least 4 members (excludes halogenated alkanes) is 18. The molecular weight excluding hydrogens is 725 g/mol. The Morgan fingerprint density at radius 1 is 0.577 bits per heavy atom. The number of hydrogen-bond acceptors (Lipinski definition) is 12. The zero-order chi connectivity index (χ0) is 37.0. The molecule has 0 aromatic carbocycles. The first-order chi connectivity index (χ1) is 23.5. The summed E-state index contributed by atoms with van der Waals surface area (Å²) in [6.45, 7) is 6.44. The number of carbonyl (C=O) groups is 2. The van der Waals surface area contributed by atoms with Crippen molar-refractivity contribution < 1.29 is 146 Å². The van der Waals surface area contributed by atoms with Gasteiger partial charge in [-0.25, -0.2) is 8.42 Å². The van der Waals surface area contributed by atoms with Crippen LogP contribution in [0.3, 0.4) is 0 Å². The first-order valence-corrected chi connectivity index (χ1v) is 20.4. The summed E-state index contributed by atoms with van der Waals surface area (Å²) in [7, 11) is -5.19. The molecule has 16 heteroatoms. The summed E-state index contributed by atoms with van der Waals surface area (Å²) in [4.78, 5) is 19.7. The number of hydrogen-bond donors (Lipinski definition) is 2. The molecule has 0 saturated carbocycles. The van der Waals surface area contributed by atoms with Crippen molar-refractivity contribution in [1.82, 2.24) is 0 Å². The number of aliphatic hydroxyl groups excluding tert-OH is 2. The third-order valence-corrected chi connectivity index (χ3v) is 9.24. The predicted octanol–water partition coefficient (Wildman–Crippen LogP) is -4.82. The van der Waals surface area contributed by atoms with Crippen LogP contribution < -0.4 is 98.9 Å². The maximum Gasteiger partial charge on any atom is 1.00 e. The van der Waals surface area contributed by atoms with E-state index in [0.29, 0.717) is 26.4 Å². The molecule has 0 bridgehead atoms. The van der Waals surface area contributed by atoms with Crippen LogP contribution in [0.4, 0.5) is 0 Å². The summed E-state index contributed by atoms with van der Waals surface area (Å²) in [5, 5.41) is 35.3. The SMILES string of the molecule is CCCCCCCCCCCCC(COCCO)OC(CCCCCCCCCCCC)COCCO.O=C([O-])CC(C(=O)[O-])S(=O)(=O)[O-].[Na+].[Na+].[Na+]. The van der Waals surface area contributed by atoms with Crippen LogP contribution in [0.2, 0.25) is 0 Å². The second kappa shape index (κ2) is 47.0. The molecule has 0 rings (SSSR count). The molecule has 3 atom stereocenters. The molecule has 3 unspecified atom stereocenters. The molecule has 0 amide bonds. The second-order valence-corrected chi connectivity index (χ2v) is 14.3. The first kappa shape index (κ1) is 62.8. The molecule has 12 nitrogen and oxygen atoms in total. The fourth-order valence-electron chi connectivity index (χ4n) is 5.39. The van der Waals surface area contributed by atoms with Crippen LogP contribution in [-0.4, -0.2) is 92.2 Å². The van der Waals surface area contributed by atoms with Crippen LogP contribution in [0.5, 0.6) is 0 Å². The molecule has 0 aliphatic carbocycles. The summed E-state index contributed by atoms with van der Waals surface area (Å²) in [5.41, 5.74) is 0. The number of aliphatic carboxylic acids is 2. The molecule has 0 fully saturated rings. The van der Waals surface area contributed by atoms with Crippen molar-refractivity contribution in [3.63, 3.8) is 0 Å². The van der Waals surface area contributed by atoms with E-state index in [4.69, 9.17) is 24.4 Å². The van der Waals surface area contributed by atoms with Crippen molar-refractivity contribution in [3.8, 4) is 0 Å². The van der Waals surface area contributed by atoms with Gasteiger partial charge in [-0.1, -0.05) is 142 Å². The van der Waals surface area contributed by atoms with Crippen molar-refractivity contribution >= 4 is 22.1 Å². The van der Waals surface area contributed by atoms with Crippen molar-refractivity contribution in [3.05, 3.63) is 0 Å². The Morgan fingerprint density at radius 2 is 0.885 bits per heavy atom. The van der Waals surface area contributed by atoms with Gasteiger partial charge in [-0.05, 0) is 12.8 Å². The Balaban J connectivity index is -0.000000419. The monoisotopic (exact) mass is 794 g/mol. The minimum atomic E-state index is -5.19. The molecule has 52 heavy (non-hydrogen) atoms. The Hall–Kier alpha value is 1.65. The van der Waals surface area contributed by atoms with Crippen molar-refractivity contribution in [2.24, 2.45) is 0 Å². The third kappa shape index (κ3) is 46.0. The second-order valence-electron chi connectivity index (χ2n) is 12.8. The molecule has 0 spiro atoms. The van der Waals surface area contributed by atoms with Gasteiger partial charge >= 0.3 is 88.7 Å². The topological polar surface area (TPSA) is 206 Å². The van der Waals surface area contributed by atoms with Crippen LogP contribution in [0, 0.1) is 0 Å².